The minimum Gasteiger partial charge on any atom is -0.497 e. The van der Waals surface area contributed by atoms with Crippen LogP contribution in [0.4, 0.5) is 11.5 Å². The van der Waals surface area contributed by atoms with Crippen LogP contribution in [-0.2, 0) is 11.3 Å². The van der Waals surface area contributed by atoms with Crippen LogP contribution < -0.4 is 31.4 Å². The van der Waals surface area contributed by atoms with Crippen molar-refractivity contribution in [1.29, 1.82) is 0 Å². The molecular formula is C22H32N4O5S. The van der Waals surface area contributed by atoms with Crippen molar-refractivity contribution in [2.45, 2.75) is 39.7 Å². The van der Waals surface area contributed by atoms with Gasteiger partial charge in [0.2, 0.25) is 5.91 Å². The Kier molecular flexibility index (Phi) is 10.2. The smallest absolute Gasteiger partial charge is 0.330 e. The van der Waals surface area contributed by atoms with Gasteiger partial charge in [-0.05, 0) is 37.1 Å². The molecule has 2 rings (SSSR count). The Balaban J connectivity index is 2.03. The zero-order valence-corrected chi connectivity index (χ0v) is 19.7. The monoisotopic (exact) mass is 464 g/mol. The molecule has 0 saturated heterocycles. The van der Waals surface area contributed by atoms with Gasteiger partial charge in [-0.15, -0.1) is 11.8 Å². The molecule has 0 fully saturated rings. The van der Waals surface area contributed by atoms with Crippen LogP contribution in [0.25, 0.3) is 0 Å². The number of H-pyrrole nitrogens is 1. The van der Waals surface area contributed by atoms with Crippen LogP contribution in [-0.4, -0.2) is 47.2 Å². The lowest BCUT2D eigenvalue weighted by atomic mass is 10.2. The summed E-state index contributed by atoms with van der Waals surface area (Å²) in [6, 6.07) is 7.28. The van der Waals surface area contributed by atoms with Crippen molar-refractivity contribution in [2.75, 3.05) is 42.4 Å². The minimum atomic E-state index is -0.642. The number of rotatable bonds is 13. The Morgan fingerprint density at radius 3 is 2.47 bits per heavy atom. The highest BCUT2D eigenvalue weighted by atomic mass is 32.2. The first-order chi connectivity index (χ1) is 15.4. The van der Waals surface area contributed by atoms with E-state index in [0.717, 1.165) is 17.9 Å². The van der Waals surface area contributed by atoms with Crippen LogP contribution in [0.15, 0.2) is 33.9 Å². The average Bonchev–Trinajstić information content (AvgIpc) is 2.78. The third-order valence-electron chi connectivity index (χ3n) is 4.75. The molecular weight excluding hydrogens is 432 g/mol. The van der Waals surface area contributed by atoms with Gasteiger partial charge in [-0.2, -0.15) is 0 Å². The molecule has 0 bridgehead atoms. The zero-order valence-electron chi connectivity index (χ0n) is 18.9. The van der Waals surface area contributed by atoms with E-state index in [2.05, 4.69) is 4.98 Å². The van der Waals surface area contributed by atoms with Gasteiger partial charge in [-0.1, -0.05) is 20.3 Å². The van der Waals surface area contributed by atoms with Gasteiger partial charge in [0.25, 0.3) is 5.56 Å². The minimum absolute atomic E-state index is 0.0258. The van der Waals surface area contributed by atoms with Crippen molar-refractivity contribution < 1.29 is 14.3 Å². The van der Waals surface area contributed by atoms with E-state index in [1.54, 1.807) is 7.11 Å². The van der Waals surface area contributed by atoms with Crippen molar-refractivity contribution >= 4 is 29.2 Å². The number of nitrogens with two attached hydrogens (primary N) is 1. The van der Waals surface area contributed by atoms with E-state index in [1.807, 2.05) is 38.1 Å². The number of hydrogen-bond acceptors (Lipinski definition) is 7. The predicted molar refractivity (Wildman–Crippen MR) is 129 cm³/mol. The number of unbranched alkanes of at least 4 members (excludes halogenated alkanes) is 1. The van der Waals surface area contributed by atoms with Crippen molar-refractivity contribution in [2.24, 2.45) is 0 Å². The maximum Gasteiger partial charge on any atom is 0.330 e. The summed E-state index contributed by atoms with van der Waals surface area (Å²) in [6.45, 7) is 5.06. The number of amides is 1. The molecule has 32 heavy (non-hydrogen) atoms. The lowest BCUT2D eigenvalue weighted by molar-refractivity contribution is -0.116. The first-order valence-electron chi connectivity index (χ1n) is 10.7. The number of nitrogens with zero attached hydrogens (tertiary/aromatic N) is 2. The molecule has 0 atom stereocenters. The van der Waals surface area contributed by atoms with Crippen LogP contribution in [0.1, 0.15) is 33.1 Å². The predicted octanol–water partition coefficient (Wildman–Crippen LogP) is 2.48. The Morgan fingerprint density at radius 2 is 1.84 bits per heavy atom. The molecule has 9 nitrogen and oxygen atoms in total. The van der Waals surface area contributed by atoms with Gasteiger partial charge in [0.05, 0.1) is 19.5 Å². The zero-order chi connectivity index (χ0) is 23.5. The fraction of sp³-hybridized carbons (Fsp3) is 0.500. The van der Waals surface area contributed by atoms with Gasteiger partial charge in [0, 0.05) is 18.8 Å². The van der Waals surface area contributed by atoms with Crippen LogP contribution in [0.3, 0.4) is 0 Å². The molecule has 0 aliphatic heterocycles. The fourth-order valence-corrected chi connectivity index (χ4v) is 3.77. The molecule has 0 radical (unpaired) electrons. The number of nitrogens with one attached hydrogen (secondary N) is 1. The number of carbonyl (C=O) groups is 1. The second-order valence-corrected chi connectivity index (χ2v) is 8.23. The summed E-state index contributed by atoms with van der Waals surface area (Å²) in [6.07, 6.45) is 2.23. The number of hydrogen-bond donors (Lipinski definition) is 2. The number of aromatic nitrogens is 2. The Labute approximate surface area is 191 Å². The highest BCUT2D eigenvalue weighted by molar-refractivity contribution is 7.99. The van der Waals surface area contributed by atoms with Crippen molar-refractivity contribution in [3.63, 3.8) is 0 Å². The third kappa shape index (κ3) is 6.81. The first kappa shape index (κ1) is 25.4. The fourth-order valence-electron chi connectivity index (χ4n) is 3.09. The Hall–Kier alpha value is -2.88. The summed E-state index contributed by atoms with van der Waals surface area (Å²) in [5, 5.41) is 0. The molecule has 0 saturated carbocycles. The normalized spacial score (nSPS) is 10.7. The number of aromatic amines is 1. The SMILES string of the molecule is CCCCN(C(=O)CSCCOc1ccc(OC)cc1)c1c(N)n(CCC)c(=O)[nH]c1=O. The van der Waals surface area contributed by atoms with Gasteiger partial charge in [-0.25, -0.2) is 4.79 Å². The summed E-state index contributed by atoms with van der Waals surface area (Å²) in [4.78, 5) is 41.3. The molecule has 0 aliphatic carbocycles. The molecule has 0 spiro atoms. The molecule has 3 N–H and O–H groups in total. The molecule has 1 amide bonds. The second-order valence-electron chi connectivity index (χ2n) is 7.12. The summed E-state index contributed by atoms with van der Waals surface area (Å²) < 4.78 is 12.1. The lowest BCUT2D eigenvalue weighted by Gasteiger charge is -2.24. The summed E-state index contributed by atoms with van der Waals surface area (Å²) in [5.41, 5.74) is 5.00. The van der Waals surface area contributed by atoms with Crippen molar-refractivity contribution in [1.82, 2.24) is 9.55 Å². The number of nitrogen functional groups attached to an aromatic ring is 1. The highest BCUT2D eigenvalue weighted by Crippen LogP contribution is 2.20. The van der Waals surface area contributed by atoms with Crippen LogP contribution in [0.5, 0.6) is 11.5 Å². The molecule has 176 valence electrons. The number of carbonyl (C=O) groups excluding carboxylic acids is 1. The quantitative estimate of drug-likeness (QED) is 0.437. The van der Waals surface area contributed by atoms with E-state index in [-0.39, 0.29) is 23.2 Å². The van der Waals surface area contributed by atoms with Crippen molar-refractivity contribution in [3.8, 4) is 11.5 Å². The lowest BCUT2D eigenvalue weighted by Crippen LogP contribution is -2.42. The molecule has 1 aromatic carbocycles. The maximum absolute atomic E-state index is 13.0. The number of anilines is 2. The molecule has 10 heteroatoms. The molecule has 2 aromatic rings. The molecule has 0 unspecified atom stereocenters. The van der Waals surface area contributed by atoms with Gasteiger partial charge in [0.15, 0.2) is 5.69 Å². The average molecular weight is 465 g/mol. The number of thioether (sulfide) groups is 1. The van der Waals surface area contributed by atoms with E-state index < -0.39 is 11.2 Å². The van der Waals surface area contributed by atoms with E-state index in [0.29, 0.717) is 38.3 Å². The van der Waals surface area contributed by atoms with E-state index in [9.17, 15) is 14.4 Å². The second kappa shape index (κ2) is 12.8. The van der Waals surface area contributed by atoms with Crippen LogP contribution in [0, 0.1) is 0 Å². The summed E-state index contributed by atoms with van der Waals surface area (Å²) in [5.74, 6) is 2.04. The summed E-state index contributed by atoms with van der Waals surface area (Å²) in [7, 11) is 1.60. The highest BCUT2D eigenvalue weighted by Gasteiger charge is 2.23. The number of methoxy groups -OCH3 is 1. The Morgan fingerprint density at radius 1 is 1.16 bits per heavy atom. The third-order valence-corrected chi connectivity index (χ3v) is 5.66. The first-order valence-corrected chi connectivity index (χ1v) is 11.9. The molecule has 1 aromatic heterocycles. The number of benzene rings is 1. The van der Waals surface area contributed by atoms with E-state index in [4.69, 9.17) is 15.2 Å². The van der Waals surface area contributed by atoms with Crippen LogP contribution in [0.2, 0.25) is 0 Å². The van der Waals surface area contributed by atoms with E-state index in [1.165, 1.54) is 21.2 Å². The van der Waals surface area contributed by atoms with Gasteiger partial charge >= 0.3 is 5.69 Å². The molecule has 0 aliphatic rings. The Bertz CT molecular complexity index is 987. The van der Waals surface area contributed by atoms with Gasteiger partial charge < -0.3 is 20.1 Å². The summed E-state index contributed by atoms with van der Waals surface area (Å²) >= 11 is 1.41. The largest absolute Gasteiger partial charge is 0.497 e. The topological polar surface area (TPSA) is 120 Å². The van der Waals surface area contributed by atoms with Crippen molar-refractivity contribution in [3.05, 3.63) is 45.1 Å². The van der Waals surface area contributed by atoms with Gasteiger partial charge in [0.1, 0.15) is 17.3 Å². The van der Waals surface area contributed by atoms with Gasteiger partial charge in [-0.3, -0.25) is 19.1 Å². The standard InChI is InChI=1S/C22H32N4O5S/c1-4-6-12-25(19-20(23)26(11-5-2)22(29)24-21(19)28)18(27)15-32-14-13-31-17-9-7-16(30-3)8-10-17/h7-10H,4-6,11-15,23H2,1-3H3,(H,24,28,29). The van der Waals surface area contributed by atoms with Crippen LogP contribution >= 0.6 is 11.8 Å². The maximum atomic E-state index is 13.0. The molecule has 1 heterocycles. The van der Waals surface area contributed by atoms with E-state index >= 15 is 0 Å². The number of ether oxygens (including phenoxy) is 2.